The summed E-state index contributed by atoms with van der Waals surface area (Å²) < 4.78 is 34.6. The van der Waals surface area contributed by atoms with Crippen LogP contribution >= 0.6 is 11.8 Å². The van der Waals surface area contributed by atoms with E-state index in [0.29, 0.717) is 29.7 Å². The van der Waals surface area contributed by atoms with E-state index in [4.69, 9.17) is 10.00 Å². The van der Waals surface area contributed by atoms with E-state index < -0.39 is 17.2 Å². The topological polar surface area (TPSA) is 90.8 Å². The molecule has 0 atom stereocenters. The Morgan fingerprint density at radius 1 is 1.20 bits per heavy atom. The number of hydrogen-bond donors (Lipinski definition) is 2. The predicted octanol–water partition coefficient (Wildman–Crippen LogP) is 4.11. The number of halogens is 2. The maximum Gasteiger partial charge on any atom is 0.261 e. The first-order valence-corrected chi connectivity index (χ1v) is 11.4. The van der Waals surface area contributed by atoms with Crippen molar-refractivity contribution in [3.05, 3.63) is 33.9 Å². The van der Waals surface area contributed by atoms with Gasteiger partial charge in [0.15, 0.2) is 11.6 Å². The van der Waals surface area contributed by atoms with E-state index in [-0.39, 0.29) is 28.6 Å². The van der Waals surface area contributed by atoms with Crippen LogP contribution in [0.25, 0.3) is 10.9 Å². The number of H-pyrrole nitrogens is 1. The molecule has 160 valence electrons. The molecule has 4 rings (SSSR count). The Balaban J connectivity index is 1.55. The van der Waals surface area contributed by atoms with Gasteiger partial charge in [0.05, 0.1) is 23.0 Å². The molecule has 30 heavy (non-hydrogen) atoms. The zero-order valence-electron chi connectivity index (χ0n) is 16.5. The second kappa shape index (κ2) is 9.31. The van der Waals surface area contributed by atoms with Crippen molar-refractivity contribution in [2.24, 2.45) is 5.92 Å². The maximum atomic E-state index is 14.7. The molecule has 0 unspecified atom stereocenters. The molecule has 9 heteroatoms. The number of thioether (sulfide) groups is 1. The van der Waals surface area contributed by atoms with Gasteiger partial charge >= 0.3 is 0 Å². The molecule has 1 aliphatic heterocycles. The summed E-state index contributed by atoms with van der Waals surface area (Å²) in [7, 11) is 0. The highest BCUT2D eigenvalue weighted by Gasteiger charge is 2.24. The summed E-state index contributed by atoms with van der Waals surface area (Å²) in [6.45, 7) is 1.46. The Bertz CT molecular complexity index is 1010. The van der Waals surface area contributed by atoms with Crippen LogP contribution in [-0.2, 0) is 10.5 Å². The number of rotatable bonds is 5. The number of hydrogen-bond acceptors (Lipinski definition) is 6. The van der Waals surface area contributed by atoms with Gasteiger partial charge in [-0.2, -0.15) is 17.0 Å². The highest BCUT2D eigenvalue weighted by molar-refractivity contribution is 7.99. The van der Waals surface area contributed by atoms with Gasteiger partial charge in [0.25, 0.3) is 5.56 Å². The molecular formula is C21H24F2N4O2S. The van der Waals surface area contributed by atoms with Crippen molar-refractivity contribution in [3.63, 3.8) is 0 Å². The molecule has 2 N–H and O–H groups in total. The third-order valence-electron chi connectivity index (χ3n) is 5.82. The molecule has 1 saturated heterocycles. The molecule has 1 aromatic heterocycles. The fourth-order valence-electron chi connectivity index (χ4n) is 4.08. The molecular weight excluding hydrogens is 410 g/mol. The van der Waals surface area contributed by atoms with E-state index >= 15 is 0 Å². The Kier molecular flexibility index (Phi) is 6.54. The molecule has 2 fully saturated rings. The van der Waals surface area contributed by atoms with Crippen molar-refractivity contribution >= 4 is 28.4 Å². The van der Waals surface area contributed by atoms with Crippen LogP contribution in [0, 0.1) is 28.9 Å². The van der Waals surface area contributed by atoms with E-state index in [0.717, 1.165) is 38.9 Å². The quantitative estimate of drug-likeness (QED) is 0.736. The van der Waals surface area contributed by atoms with Crippen LogP contribution in [0.1, 0.15) is 44.3 Å². The van der Waals surface area contributed by atoms with E-state index in [1.807, 2.05) is 0 Å². The van der Waals surface area contributed by atoms with Gasteiger partial charge in [-0.15, -0.1) is 0 Å². The average Bonchev–Trinajstić information content (AvgIpc) is 2.76. The van der Waals surface area contributed by atoms with Crippen molar-refractivity contribution in [2.45, 2.75) is 55.6 Å². The maximum absolute atomic E-state index is 14.7. The highest BCUT2D eigenvalue weighted by Crippen LogP contribution is 2.30. The summed E-state index contributed by atoms with van der Waals surface area (Å²) in [5.41, 5.74) is -0.505. The monoisotopic (exact) mass is 434 g/mol. The van der Waals surface area contributed by atoms with Crippen LogP contribution in [0.2, 0.25) is 0 Å². The van der Waals surface area contributed by atoms with Crippen molar-refractivity contribution in [2.75, 3.05) is 18.5 Å². The minimum atomic E-state index is -1.18. The molecule has 1 saturated carbocycles. The number of benzene rings is 1. The van der Waals surface area contributed by atoms with Gasteiger partial charge in [-0.1, -0.05) is 0 Å². The first kappa shape index (κ1) is 21.1. The fourth-order valence-corrected chi connectivity index (χ4v) is 5.14. The first-order chi connectivity index (χ1) is 14.5. The first-order valence-electron chi connectivity index (χ1n) is 10.3. The zero-order chi connectivity index (χ0) is 21.1. The van der Waals surface area contributed by atoms with Gasteiger partial charge in [-0.3, -0.25) is 4.79 Å². The van der Waals surface area contributed by atoms with E-state index in [2.05, 4.69) is 21.4 Å². The lowest BCUT2D eigenvalue weighted by Crippen LogP contribution is -2.26. The van der Waals surface area contributed by atoms with Crippen LogP contribution in [0.4, 0.5) is 14.5 Å². The van der Waals surface area contributed by atoms with Gasteiger partial charge in [-0.05, 0) is 44.6 Å². The summed E-state index contributed by atoms with van der Waals surface area (Å²) in [4.78, 5) is 19.4. The predicted molar refractivity (Wildman–Crippen MR) is 112 cm³/mol. The Morgan fingerprint density at radius 3 is 2.63 bits per heavy atom. The van der Waals surface area contributed by atoms with Crippen molar-refractivity contribution in [1.82, 2.24) is 9.97 Å². The van der Waals surface area contributed by atoms with Crippen LogP contribution in [0.5, 0.6) is 0 Å². The Hall–Kier alpha value is -2.18. The molecule has 1 aliphatic carbocycles. The summed E-state index contributed by atoms with van der Waals surface area (Å²) >= 11 is 1.69. The lowest BCUT2D eigenvalue weighted by Gasteiger charge is -2.26. The van der Waals surface area contributed by atoms with E-state index in [9.17, 15) is 13.6 Å². The molecule has 2 heterocycles. The van der Waals surface area contributed by atoms with E-state index in [1.165, 1.54) is 6.07 Å². The SMILES string of the molecule is N#CC1CCC(Nc2cc3nc(CSC4CCOCC4)[nH]c(=O)c3c(F)c2F)CC1. The van der Waals surface area contributed by atoms with Gasteiger partial charge in [0, 0.05) is 30.4 Å². The van der Waals surface area contributed by atoms with Crippen molar-refractivity contribution in [3.8, 4) is 6.07 Å². The summed E-state index contributed by atoms with van der Waals surface area (Å²) in [5.74, 6) is -1.28. The minimum absolute atomic E-state index is 0.0153. The van der Waals surface area contributed by atoms with Gasteiger partial charge in [-0.25, -0.2) is 13.8 Å². The van der Waals surface area contributed by atoms with Crippen molar-refractivity contribution in [1.29, 1.82) is 5.26 Å². The van der Waals surface area contributed by atoms with E-state index in [1.54, 1.807) is 11.8 Å². The van der Waals surface area contributed by atoms with Gasteiger partial charge in [0.2, 0.25) is 0 Å². The zero-order valence-corrected chi connectivity index (χ0v) is 17.4. The van der Waals surface area contributed by atoms with Crippen molar-refractivity contribution < 1.29 is 13.5 Å². The second-order valence-corrected chi connectivity index (χ2v) is 9.19. The molecule has 0 bridgehead atoms. The normalized spacial score (nSPS) is 22.7. The number of ether oxygens (including phenoxy) is 1. The van der Waals surface area contributed by atoms with Crippen LogP contribution in [0.3, 0.4) is 0 Å². The van der Waals surface area contributed by atoms with Crippen LogP contribution < -0.4 is 10.9 Å². The number of aromatic nitrogens is 2. The van der Waals surface area contributed by atoms with Gasteiger partial charge in [0.1, 0.15) is 11.2 Å². The molecule has 0 spiro atoms. The summed E-state index contributed by atoms with van der Waals surface area (Å²) in [6, 6.07) is 3.64. The molecule has 2 aliphatic rings. The number of nitrogens with zero attached hydrogens (tertiary/aromatic N) is 2. The average molecular weight is 435 g/mol. The minimum Gasteiger partial charge on any atom is -0.381 e. The molecule has 0 radical (unpaired) electrons. The smallest absolute Gasteiger partial charge is 0.261 e. The molecule has 2 aromatic rings. The number of nitriles is 1. The molecule has 6 nitrogen and oxygen atoms in total. The molecule has 1 aromatic carbocycles. The second-order valence-electron chi connectivity index (χ2n) is 7.90. The van der Waals surface area contributed by atoms with Crippen LogP contribution in [-0.4, -0.2) is 34.5 Å². The number of aromatic amines is 1. The standard InChI is InChI=1S/C21H24F2N4O2S/c22-19-16(25-13-3-1-12(10-24)2-4-13)9-15-18(20(19)23)21(28)27-17(26-15)11-30-14-5-7-29-8-6-14/h9,12-14,25H,1-8,11H2,(H,26,27,28). The number of anilines is 1. The lowest BCUT2D eigenvalue weighted by molar-refractivity contribution is 0.1000. The summed E-state index contributed by atoms with van der Waals surface area (Å²) in [6.07, 6.45) is 4.80. The summed E-state index contributed by atoms with van der Waals surface area (Å²) in [5, 5.41) is 12.1. The lowest BCUT2D eigenvalue weighted by atomic mass is 9.87. The fraction of sp³-hybridized carbons (Fsp3) is 0.571. The largest absolute Gasteiger partial charge is 0.381 e. The third-order valence-corrected chi connectivity index (χ3v) is 7.20. The highest BCUT2D eigenvalue weighted by atomic mass is 32.2. The number of nitrogens with one attached hydrogen (secondary N) is 2. The van der Waals surface area contributed by atoms with Gasteiger partial charge < -0.3 is 15.0 Å². The third kappa shape index (κ3) is 4.60. The number of fused-ring (bicyclic) bond motifs is 1. The molecule has 0 amide bonds. The van der Waals surface area contributed by atoms with Crippen LogP contribution in [0.15, 0.2) is 10.9 Å². The Labute approximate surface area is 177 Å². The Morgan fingerprint density at radius 2 is 1.93 bits per heavy atom.